The summed E-state index contributed by atoms with van der Waals surface area (Å²) in [6, 6.07) is 8.03. The molecule has 0 saturated heterocycles. The first-order valence-electron chi connectivity index (χ1n) is 13.8. The standard InChI is InChI=1S/C9H11N3O4.C9H13N3O2.C7H6N2O4.C3H9NO/c1-6(13)4-11-9(14)8-3-2-7(5-10-8)12(15)16;1-6(13)4-12-9(14)8-3-2-7(10)5-11-8;1-13-7(10)6-3-2-5(4-8-6)9(11)12;1-3(5)2-4/h2-3,5-6,13H,4H2,1H3,(H,11,14);2-3,5-6,13H,4,10H2,1H3,(H,12,14);2-4H,1H3;3,5H,2,4H2,1H3. The number of methoxy groups -OCH3 is 1. The van der Waals surface area contributed by atoms with Crippen molar-refractivity contribution in [3.63, 3.8) is 0 Å². The number of nitrogens with zero attached hydrogens (tertiary/aromatic N) is 5. The number of amides is 2. The topological polar surface area (TPSA) is 322 Å². The number of ether oxygens (including phenoxy) is 1. The molecule has 0 fully saturated rings. The lowest BCUT2D eigenvalue weighted by molar-refractivity contribution is -0.385. The Labute approximate surface area is 274 Å². The van der Waals surface area contributed by atoms with Gasteiger partial charge in [-0.1, -0.05) is 0 Å². The van der Waals surface area contributed by atoms with Crippen molar-refractivity contribution in [2.45, 2.75) is 39.1 Å². The average Bonchev–Trinajstić information content (AvgIpc) is 3.06. The minimum absolute atomic E-state index is 0.0492. The van der Waals surface area contributed by atoms with Gasteiger partial charge in [-0.25, -0.2) is 19.7 Å². The van der Waals surface area contributed by atoms with Crippen molar-refractivity contribution >= 4 is 34.8 Å². The number of carbonyl (C=O) groups is 3. The van der Waals surface area contributed by atoms with Crippen LogP contribution in [0.25, 0.3) is 0 Å². The number of aliphatic hydroxyl groups excluding tert-OH is 3. The van der Waals surface area contributed by atoms with Crippen LogP contribution in [-0.4, -0.2) is 103 Å². The van der Waals surface area contributed by atoms with Crippen molar-refractivity contribution in [1.82, 2.24) is 25.6 Å². The summed E-state index contributed by atoms with van der Waals surface area (Å²) in [5, 5.41) is 51.6. The highest BCUT2D eigenvalue weighted by molar-refractivity contribution is 5.92. The summed E-state index contributed by atoms with van der Waals surface area (Å²) in [6.45, 7) is 5.46. The predicted octanol–water partition coefficient (Wildman–Crippen LogP) is -0.0229. The zero-order chi connectivity index (χ0) is 36.8. The van der Waals surface area contributed by atoms with Gasteiger partial charge in [0, 0.05) is 31.8 Å². The van der Waals surface area contributed by atoms with Crippen LogP contribution >= 0.6 is 0 Å². The Hall–Kier alpha value is -5.70. The number of hydrogen-bond acceptors (Lipinski definition) is 16. The molecule has 0 saturated carbocycles. The van der Waals surface area contributed by atoms with Gasteiger partial charge in [0.1, 0.15) is 29.5 Å². The lowest BCUT2D eigenvalue weighted by Gasteiger charge is -2.06. The number of carbonyl (C=O) groups excluding carboxylic acids is 3. The van der Waals surface area contributed by atoms with Gasteiger partial charge in [0.25, 0.3) is 23.2 Å². The van der Waals surface area contributed by atoms with Crippen LogP contribution in [0.1, 0.15) is 52.2 Å². The zero-order valence-electron chi connectivity index (χ0n) is 26.5. The number of esters is 1. The van der Waals surface area contributed by atoms with E-state index in [0.717, 1.165) is 12.4 Å². The number of anilines is 1. The molecule has 0 aliphatic carbocycles. The van der Waals surface area contributed by atoms with E-state index in [1.54, 1.807) is 19.9 Å². The van der Waals surface area contributed by atoms with E-state index in [1.807, 2.05) is 0 Å². The van der Waals surface area contributed by atoms with Crippen LogP contribution in [0.3, 0.4) is 0 Å². The first-order chi connectivity index (χ1) is 22.5. The molecule has 0 spiro atoms. The average molecular weight is 678 g/mol. The molecule has 262 valence electrons. The molecule has 2 amide bonds. The Balaban J connectivity index is 0.000000647. The van der Waals surface area contributed by atoms with E-state index in [1.165, 1.54) is 50.6 Å². The molecule has 0 aromatic carbocycles. The molecule has 0 aliphatic rings. The van der Waals surface area contributed by atoms with Gasteiger partial charge in [-0.3, -0.25) is 29.8 Å². The Bertz CT molecular complexity index is 1440. The summed E-state index contributed by atoms with van der Waals surface area (Å²) in [4.78, 5) is 63.9. The first kappa shape index (κ1) is 42.3. The van der Waals surface area contributed by atoms with E-state index < -0.39 is 33.9 Å². The fourth-order valence-electron chi connectivity index (χ4n) is 2.55. The smallest absolute Gasteiger partial charge is 0.356 e. The summed E-state index contributed by atoms with van der Waals surface area (Å²) >= 11 is 0. The van der Waals surface area contributed by atoms with Crippen LogP contribution in [0.5, 0.6) is 0 Å². The van der Waals surface area contributed by atoms with E-state index in [-0.39, 0.29) is 47.9 Å². The first-order valence-corrected chi connectivity index (χ1v) is 13.8. The Kier molecular flexibility index (Phi) is 20.0. The van der Waals surface area contributed by atoms with Crippen molar-refractivity contribution in [2.75, 3.05) is 32.5 Å². The summed E-state index contributed by atoms with van der Waals surface area (Å²) < 4.78 is 4.37. The SMILES string of the molecule is CC(O)CN.CC(O)CNC(=O)c1ccc(N)cn1.CC(O)CNC(=O)c1ccc([N+](=O)[O-])cn1.COC(=O)c1ccc([N+](=O)[O-])cn1. The molecule has 20 heteroatoms. The third kappa shape index (κ3) is 18.3. The minimum Gasteiger partial charge on any atom is -0.464 e. The van der Waals surface area contributed by atoms with E-state index in [9.17, 15) is 34.6 Å². The van der Waals surface area contributed by atoms with Crippen molar-refractivity contribution in [2.24, 2.45) is 5.73 Å². The van der Waals surface area contributed by atoms with Crippen LogP contribution in [0.2, 0.25) is 0 Å². The molecular formula is C28H39N9O11. The van der Waals surface area contributed by atoms with E-state index in [2.05, 4.69) is 30.3 Å². The molecule has 48 heavy (non-hydrogen) atoms. The van der Waals surface area contributed by atoms with Crippen LogP contribution in [0, 0.1) is 20.2 Å². The summed E-state index contributed by atoms with van der Waals surface area (Å²) in [6.07, 6.45) is 1.88. The molecule has 3 rings (SSSR count). The number of hydrogen-bond donors (Lipinski definition) is 7. The fourth-order valence-corrected chi connectivity index (χ4v) is 2.55. The van der Waals surface area contributed by atoms with Gasteiger partial charge in [-0.2, -0.15) is 0 Å². The third-order valence-corrected chi connectivity index (χ3v) is 5.02. The van der Waals surface area contributed by atoms with Crippen LogP contribution < -0.4 is 22.1 Å². The Morgan fingerprint density at radius 1 is 0.750 bits per heavy atom. The van der Waals surface area contributed by atoms with Gasteiger partial charge in [0.15, 0.2) is 0 Å². The second-order valence-electron chi connectivity index (χ2n) is 9.49. The molecule has 0 radical (unpaired) electrons. The second-order valence-corrected chi connectivity index (χ2v) is 9.49. The highest BCUT2D eigenvalue weighted by Crippen LogP contribution is 2.09. The second kappa shape index (κ2) is 22.7. The predicted molar refractivity (Wildman–Crippen MR) is 171 cm³/mol. The van der Waals surface area contributed by atoms with Crippen LogP contribution in [0.4, 0.5) is 17.1 Å². The Morgan fingerprint density at radius 2 is 1.12 bits per heavy atom. The molecule has 20 nitrogen and oxygen atoms in total. The van der Waals surface area contributed by atoms with Crippen LogP contribution in [0.15, 0.2) is 55.0 Å². The quantitative estimate of drug-likeness (QED) is 0.0841. The maximum Gasteiger partial charge on any atom is 0.356 e. The van der Waals surface area contributed by atoms with Crippen molar-refractivity contribution in [3.8, 4) is 0 Å². The number of aliphatic hydroxyl groups is 3. The van der Waals surface area contributed by atoms with Gasteiger partial charge in [-0.15, -0.1) is 0 Å². The minimum atomic E-state index is -0.651. The largest absolute Gasteiger partial charge is 0.464 e. The van der Waals surface area contributed by atoms with Crippen molar-refractivity contribution < 1.29 is 44.3 Å². The molecule has 0 bridgehead atoms. The van der Waals surface area contributed by atoms with Gasteiger partial charge < -0.3 is 42.2 Å². The lowest BCUT2D eigenvalue weighted by atomic mass is 10.3. The highest BCUT2D eigenvalue weighted by Gasteiger charge is 2.12. The molecule has 3 heterocycles. The molecular weight excluding hydrogens is 638 g/mol. The molecule has 3 atom stereocenters. The fraction of sp³-hybridized carbons (Fsp3) is 0.357. The van der Waals surface area contributed by atoms with E-state index in [4.69, 9.17) is 26.8 Å². The number of nitrogens with two attached hydrogens (primary N) is 2. The van der Waals surface area contributed by atoms with E-state index in [0.29, 0.717) is 17.9 Å². The maximum atomic E-state index is 11.4. The van der Waals surface area contributed by atoms with Crippen molar-refractivity contribution in [3.05, 3.63) is 92.3 Å². The van der Waals surface area contributed by atoms with Gasteiger partial charge >= 0.3 is 5.97 Å². The van der Waals surface area contributed by atoms with Crippen molar-refractivity contribution in [1.29, 1.82) is 0 Å². The van der Waals surface area contributed by atoms with Gasteiger partial charge in [0.05, 0.1) is 47.2 Å². The monoisotopic (exact) mass is 677 g/mol. The number of nitrogens with one attached hydrogen (secondary N) is 2. The Morgan fingerprint density at radius 3 is 1.40 bits per heavy atom. The molecule has 9 N–H and O–H groups in total. The molecule has 0 aliphatic heterocycles. The summed E-state index contributed by atoms with van der Waals surface area (Å²) in [5.74, 6) is -1.41. The molecule has 3 unspecified atom stereocenters. The molecule has 3 aromatic rings. The highest BCUT2D eigenvalue weighted by atomic mass is 16.6. The molecule has 3 aromatic heterocycles. The normalized spacial score (nSPS) is 11.6. The summed E-state index contributed by atoms with van der Waals surface area (Å²) in [7, 11) is 1.21. The van der Waals surface area contributed by atoms with Crippen LogP contribution in [-0.2, 0) is 4.74 Å². The van der Waals surface area contributed by atoms with Gasteiger partial charge in [0.2, 0.25) is 0 Å². The number of nitro groups is 2. The maximum absolute atomic E-state index is 11.4. The third-order valence-electron chi connectivity index (χ3n) is 5.02. The summed E-state index contributed by atoms with van der Waals surface area (Å²) in [5.41, 5.74) is 10.9. The number of rotatable bonds is 10. The zero-order valence-corrected chi connectivity index (χ0v) is 26.5. The lowest BCUT2D eigenvalue weighted by Crippen LogP contribution is -2.31. The number of pyridine rings is 3. The number of aromatic nitrogens is 3. The van der Waals surface area contributed by atoms with E-state index >= 15 is 0 Å². The van der Waals surface area contributed by atoms with Gasteiger partial charge in [-0.05, 0) is 45.0 Å². The number of nitrogen functional groups attached to an aromatic ring is 1.